The number of imidazole rings is 1. The van der Waals surface area contributed by atoms with Crippen molar-refractivity contribution in [3.8, 4) is 5.69 Å². The van der Waals surface area contributed by atoms with Crippen LogP contribution in [0.3, 0.4) is 0 Å². The van der Waals surface area contributed by atoms with E-state index in [0.29, 0.717) is 17.2 Å². The Morgan fingerprint density at radius 2 is 1.96 bits per heavy atom. The van der Waals surface area contributed by atoms with Crippen LogP contribution in [-0.4, -0.2) is 34.1 Å². The highest BCUT2D eigenvalue weighted by atomic mass is 32.2. The summed E-state index contributed by atoms with van der Waals surface area (Å²) in [6, 6.07) is 8.00. The molecule has 0 aliphatic rings. The van der Waals surface area contributed by atoms with Gasteiger partial charge in [-0.25, -0.2) is 29.0 Å². The van der Waals surface area contributed by atoms with Crippen LogP contribution in [0.1, 0.15) is 5.69 Å². The third-order valence-corrected chi connectivity index (χ3v) is 5.08. The van der Waals surface area contributed by atoms with Crippen LogP contribution in [-0.2, 0) is 5.75 Å². The van der Waals surface area contributed by atoms with E-state index in [1.54, 1.807) is 41.0 Å². The Morgan fingerprint density at radius 1 is 1.07 bits per heavy atom. The Morgan fingerprint density at radius 3 is 2.81 bits per heavy atom. The van der Waals surface area contributed by atoms with E-state index in [2.05, 4.69) is 25.0 Å². The molecule has 0 spiro atoms. The Kier molecular flexibility index (Phi) is 3.79. The Balaban J connectivity index is 1.46. The number of halogens is 1. The maximum absolute atomic E-state index is 13.2. The molecule has 132 valence electrons. The molecule has 27 heavy (non-hydrogen) atoms. The summed E-state index contributed by atoms with van der Waals surface area (Å²) < 4.78 is 16.7. The van der Waals surface area contributed by atoms with Gasteiger partial charge in [0, 0.05) is 24.3 Å². The predicted octanol–water partition coefficient (Wildman–Crippen LogP) is 3.29. The predicted molar refractivity (Wildman–Crippen MR) is 99.2 cm³/mol. The van der Waals surface area contributed by atoms with Crippen molar-refractivity contribution < 1.29 is 4.39 Å². The van der Waals surface area contributed by atoms with Crippen molar-refractivity contribution >= 4 is 28.6 Å². The molecule has 0 saturated carbocycles. The molecule has 0 fully saturated rings. The molecule has 0 aliphatic carbocycles. The molecule has 0 aliphatic heterocycles. The van der Waals surface area contributed by atoms with Gasteiger partial charge in [0.05, 0.1) is 23.0 Å². The summed E-state index contributed by atoms with van der Waals surface area (Å²) in [5.41, 5.74) is 2.33. The van der Waals surface area contributed by atoms with E-state index < -0.39 is 0 Å². The number of hydrogen-bond acceptors (Lipinski definition) is 6. The van der Waals surface area contributed by atoms with Crippen molar-refractivity contribution in [2.24, 2.45) is 0 Å². The molecule has 0 bridgehead atoms. The van der Waals surface area contributed by atoms with Crippen molar-refractivity contribution in [1.82, 2.24) is 34.1 Å². The van der Waals surface area contributed by atoms with Crippen LogP contribution < -0.4 is 0 Å². The summed E-state index contributed by atoms with van der Waals surface area (Å²) in [7, 11) is 0. The fourth-order valence-electron chi connectivity index (χ4n) is 2.80. The minimum atomic E-state index is -0.289. The monoisotopic (exact) mass is 377 g/mol. The highest BCUT2D eigenvalue weighted by Crippen LogP contribution is 2.28. The first kappa shape index (κ1) is 15.9. The van der Waals surface area contributed by atoms with E-state index in [9.17, 15) is 4.39 Å². The lowest BCUT2D eigenvalue weighted by molar-refractivity contribution is 0.627. The summed E-state index contributed by atoms with van der Waals surface area (Å²) in [4.78, 5) is 17.5. The molecule has 9 heteroatoms. The summed E-state index contributed by atoms with van der Waals surface area (Å²) in [5.74, 6) is 1.03. The smallest absolute Gasteiger partial charge is 0.233 e. The minimum Gasteiger partial charge on any atom is -0.291 e. The second kappa shape index (κ2) is 6.44. The summed E-state index contributed by atoms with van der Waals surface area (Å²) in [6.07, 6.45) is 8.83. The zero-order chi connectivity index (χ0) is 18.2. The molecule has 0 amide bonds. The lowest BCUT2D eigenvalue weighted by Gasteiger charge is -2.03. The average Bonchev–Trinajstić information content (AvgIpc) is 3.31. The molecule has 0 atom stereocenters. The van der Waals surface area contributed by atoms with Gasteiger partial charge in [-0.3, -0.25) is 4.40 Å². The third-order valence-electron chi connectivity index (χ3n) is 4.04. The Labute approximate surface area is 156 Å². The van der Waals surface area contributed by atoms with Gasteiger partial charge in [0.2, 0.25) is 5.78 Å². The zero-order valence-electron chi connectivity index (χ0n) is 13.9. The number of hydrogen-bond donors (Lipinski definition) is 0. The Hall–Kier alpha value is -3.33. The van der Waals surface area contributed by atoms with Crippen molar-refractivity contribution in [3.63, 3.8) is 0 Å². The van der Waals surface area contributed by atoms with Gasteiger partial charge in [-0.15, -0.1) is 0 Å². The molecule has 7 nitrogen and oxygen atoms in total. The lowest BCUT2D eigenvalue weighted by Crippen LogP contribution is -1.98. The molecule has 0 unspecified atom stereocenters. The van der Waals surface area contributed by atoms with Crippen LogP contribution in [0.25, 0.3) is 22.5 Å². The van der Waals surface area contributed by atoms with Gasteiger partial charge in [-0.1, -0.05) is 11.8 Å². The second-order valence-electron chi connectivity index (χ2n) is 5.80. The highest BCUT2D eigenvalue weighted by Gasteiger charge is 2.12. The first-order valence-electron chi connectivity index (χ1n) is 8.14. The lowest BCUT2D eigenvalue weighted by atomic mass is 10.3. The molecule has 1 aromatic carbocycles. The first-order chi connectivity index (χ1) is 13.3. The summed E-state index contributed by atoms with van der Waals surface area (Å²) >= 11 is 1.56. The maximum atomic E-state index is 13.2. The highest BCUT2D eigenvalue weighted by molar-refractivity contribution is 7.98. The zero-order valence-corrected chi connectivity index (χ0v) is 14.7. The molecule has 0 saturated heterocycles. The van der Waals surface area contributed by atoms with Crippen LogP contribution in [0.15, 0.2) is 66.5 Å². The third kappa shape index (κ3) is 2.91. The van der Waals surface area contributed by atoms with Gasteiger partial charge in [-0.2, -0.15) is 5.10 Å². The fraction of sp³-hybridized carbons (Fsp3) is 0.0556. The normalized spacial score (nSPS) is 11.4. The van der Waals surface area contributed by atoms with Gasteiger partial charge in [0.15, 0.2) is 5.65 Å². The largest absolute Gasteiger partial charge is 0.291 e. The molecule has 0 N–H and O–H groups in total. The van der Waals surface area contributed by atoms with Gasteiger partial charge in [0.1, 0.15) is 17.2 Å². The van der Waals surface area contributed by atoms with Gasteiger partial charge < -0.3 is 0 Å². The number of thioether (sulfide) groups is 1. The van der Waals surface area contributed by atoms with Crippen LogP contribution in [0.5, 0.6) is 0 Å². The molecule has 5 rings (SSSR count). The van der Waals surface area contributed by atoms with E-state index >= 15 is 0 Å². The topological polar surface area (TPSA) is 73.8 Å². The van der Waals surface area contributed by atoms with E-state index in [-0.39, 0.29) is 5.82 Å². The van der Waals surface area contributed by atoms with Crippen LogP contribution in [0, 0.1) is 5.82 Å². The summed E-state index contributed by atoms with van der Waals surface area (Å²) in [5, 5.41) is 6.05. The van der Waals surface area contributed by atoms with Gasteiger partial charge >= 0.3 is 0 Å². The molecular formula is C18H12FN7S. The SMILES string of the molecule is Fc1ccc(-n2ncc3c(SCc4cn5cccnc5n4)ncnc32)cc1. The van der Waals surface area contributed by atoms with Gasteiger partial charge in [0.25, 0.3) is 0 Å². The summed E-state index contributed by atoms with van der Waals surface area (Å²) in [6.45, 7) is 0. The van der Waals surface area contributed by atoms with Crippen LogP contribution >= 0.6 is 11.8 Å². The minimum absolute atomic E-state index is 0.289. The molecule has 4 aromatic heterocycles. The number of fused-ring (bicyclic) bond motifs is 2. The van der Waals surface area contributed by atoms with Crippen molar-refractivity contribution in [1.29, 1.82) is 0 Å². The van der Waals surface area contributed by atoms with Crippen molar-refractivity contribution in [2.75, 3.05) is 0 Å². The molecular weight excluding hydrogens is 365 g/mol. The van der Waals surface area contributed by atoms with E-state index in [4.69, 9.17) is 0 Å². The van der Waals surface area contributed by atoms with Crippen molar-refractivity contribution in [2.45, 2.75) is 10.8 Å². The van der Waals surface area contributed by atoms with Crippen LogP contribution in [0.4, 0.5) is 4.39 Å². The second-order valence-corrected chi connectivity index (χ2v) is 6.76. The van der Waals surface area contributed by atoms with E-state index in [0.717, 1.165) is 21.8 Å². The van der Waals surface area contributed by atoms with Gasteiger partial charge in [-0.05, 0) is 30.3 Å². The molecule has 4 heterocycles. The fourth-order valence-corrected chi connectivity index (χ4v) is 3.65. The number of benzene rings is 1. The Bertz CT molecular complexity index is 1210. The van der Waals surface area contributed by atoms with E-state index in [1.807, 2.05) is 22.9 Å². The number of rotatable bonds is 4. The quantitative estimate of drug-likeness (QED) is 0.353. The van der Waals surface area contributed by atoms with Crippen molar-refractivity contribution in [3.05, 3.63) is 73.0 Å². The first-order valence-corrected chi connectivity index (χ1v) is 9.12. The number of nitrogens with zero attached hydrogens (tertiary/aromatic N) is 7. The maximum Gasteiger partial charge on any atom is 0.233 e. The molecule has 0 radical (unpaired) electrons. The van der Waals surface area contributed by atoms with E-state index in [1.165, 1.54) is 18.5 Å². The standard InChI is InChI=1S/C18H12FN7S/c19-12-2-4-14(5-3-12)26-16-15(8-23-26)17(22-11-21-16)27-10-13-9-25-7-1-6-20-18(25)24-13/h1-9,11H,10H2. The number of aromatic nitrogens is 7. The average molecular weight is 377 g/mol. The molecule has 5 aromatic rings. The van der Waals surface area contributed by atoms with Crippen LogP contribution in [0.2, 0.25) is 0 Å².